The summed E-state index contributed by atoms with van der Waals surface area (Å²) in [6.07, 6.45) is -1.69. The summed E-state index contributed by atoms with van der Waals surface area (Å²) in [5.74, 6) is 0.0964. The van der Waals surface area contributed by atoms with Crippen LogP contribution in [-0.4, -0.2) is 28.6 Å². The van der Waals surface area contributed by atoms with Crippen molar-refractivity contribution in [2.24, 2.45) is 0 Å². The van der Waals surface area contributed by atoms with Gasteiger partial charge in [-0.25, -0.2) is 14.5 Å². The first kappa shape index (κ1) is 17.4. The van der Waals surface area contributed by atoms with Crippen LogP contribution in [0.4, 0.5) is 15.3 Å². The van der Waals surface area contributed by atoms with E-state index in [1.807, 2.05) is 32.0 Å². The number of aryl methyl sites for hydroxylation is 2. The Kier molecular flexibility index (Phi) is 4.57. The van der Waals surface area contributed by atoms with Gasteiger partial charge in [-0.05, 0) is 42.7 Å². The van der Waals surface area contributed by atoms with E-state index >= 15 is 0 Å². The summed E-state index contributed by atoms with van der Waals surface area (Å²) in [5.41, 5.74) is 2.77. The normalized spacial score (nSPS) is 16.3. The second-order valence-corrected chi connectivity index (χ2v) is 5.93. The highest BCUT2D eigenvalue weighted by atomic mass is 16.6. The number of hydrogen-bond acceptors (Lipinski definition) is 6. The zero-order valence-corrected chi connectivity index (χ0v) is 14.2. The van der Waals surface area contributed by atoms with Crippen LogP contribution in [0.5, 0.6) is 5.75 Å². The minimum absolute atomic E-state index is 0.0384. The van der Waals surface area contributed by atoms with E-state index in [9.17, 15) is 19.7 Å². The van der Waals surface area contributed by atoms with Crippen LogP contribution in [0.3, 0.4) is 0 Å². The Morgan fingerprint density at radius 1 is 1.19 bits per heavy atom. The number of nitrogens with zero attached hydrogens (tertiary/aromatic N) is 2. The number of carbonyl (C=O) groups excluding carboxylic acids is 2. The Morgan fingerprint density at radius 2 is 1.88 bits per heavy atom. The van der Waals surface area contributed by atoms with Gasteiger partial charge in [-0.2, -0.15) is 0 Å². The average molecular weight is 356 g/mol. The zero-order valence-electron chi connectivity index (χ0n) is 14.2. The van der Waals surface area contributed by atoms with Crippen molar-refractivity contribution in [3.8, 4) is 5.75 Å². The third-order valence-electron chi connectivity index (χ3n) is 4.24. The Balaban J connectivity index is 1.80. The summed E-state index contributed by atoms with van der Waals surface area (Å²) in [7, 11) is 0. The van der Waals surface area contributed by atoms with Crippen molar-refractivity contribution < 1.29 is 24.0 Å². The first-order valence-corrected chi connectivity index (χ1v) is 7.86. The smallest absolute Gasteiger partial charge is 0.425 e. The van der Waals surface area contributed by atoms with E-state index in [1.165, 1.54) is 24.3 Å². The molecular formula is C18H16N2O6. The van der Waals surface area contributed by atoms with E-state index in [1.54, 1.807) is 0 Å². The number of nitro benzene ring substituents is 1. The van der Waals surface area contributed by atoms with Crippen LogP contribution < -0.4 is 4.74 Å². The molecule has 2 aromatic carbocycles. The van der Waals surface area contributed by atoms with Gasteiger partial charge in [0.15, 0.2) is 0 Å². The number of cyclic esters (lactones) is 1. The van der Waals surface area contributed by atoms with Crippen molar-refractivity contribution in [2.75, 3.05) is 6.61 Å². The third kappa shape index (κ3) is 3.34. The molecule has 1 saturated heterocycles. The number of rotatable bonds is 3. The molecule has 2 amide bonds. The molecule has 2 aromatic rings. The first-order valence-electron chi connectivity index (χ1n) is 7.86. The summed E-state index contributed by atoms with van der Waals surface area (Å²) < 4.78 is 10.2. The molecule has 1 aliphatic heterocycles. The molecule has 0 aliphatic carbocycles. The highest BCUT2D eigenvalue weighted by Crippen LogP contribution is 2.30. The van der Waals surface area contributed by atoms with Crippen LogP contribution in [0.15, 0.2) is 42.5 Å². The fourth-order valence-corrected chi connectivity index (χ4v) is 2.63. The van der Waals surface area contributed by atoms with Gasteiger partial charge in [0.05, 0.1) is 4.92 Å². The van der Waals surface area contributed by atoms with Crippen LogP contribution in [-0.2, 0) is 4.74 Å². The van der Waals surface area contributed by atoms with E-state index in [2.05, 4.69) is 0 Å². The second-order valence-electron chi connectivity index (χ2n) is 5.93. The number of amides is 2. The minimum atomic E-state index is -0.899. The van der Waals surface area contributed by atoms with E-state index in [0.717, 1.165) is 21.6 Å². The molecule has 1 fully saturated rings. The molecule has 1 heterocycles. The Hall–Kier alpha value is -3.42. The lowest BCUT2D eigenvalue weighted by molar-refractivity contribution is -0.384. The molecule has 26 heavy (non-hydrogen) atoms. The Labute approximate surface area is 149 Å². The lowest BCUT2D eigenvalue weighted by Crippen LogP contribution is -2.36. The quantitative estimate of drug-likeness (QED) is 0.611. The minimum Gasteiger partial charge on any atom is -0.446 e. The largest absolute Gasteiger partial charge is 0.446 e. The van der Waals surface area contributed by atoms with Gasteiger partial charge in [0.1, 0.15) is 18.4 Å². The highest BCUT2D eigenvalue weighted by Gasteiger charge is 2.40. The van der Waals surface area contributed by atoms with E-state index < -0.39 is 23.2 Å². The molecule has 134 valence electrons. The Morgan fingerprint density at radius 3 is 2.50 bits per heavy atom. The van der Waals surface area contributed by atoms with Gasteiger partial charge in [0.25, 0.3) is 5.69 Å². The number of non-ortho nitro benzene ring substituents is 1. The van der Waals surface area contributed by atoms with Crippen molar-refractivity contribution in [1.29, 1.82) is 0 Å². The molecule has 0 saturated carbocycles. The number of ether oxygens (including phenoxy) is 2. The lowest BCUT2D eigenvalue weighted by Gasteiger charge is -2.20. The van der Waals surface area contributed by atoms with Gasteiger partial charge in [0, 0.05) is 12.1 Å². The molecule has 0 bridgehead atoms. The summed E-state index contributed by atoms with van der Waals surface area (Å²) in [5, 5.41) is 10.7. The highest BCUT2D eigenvalue weighted by molar-refractivity contribution is 5.90. The van der Waals surface area contributed by atoms with Crippen LogP contribution >= 0.6 is 0 Å². The lowest BCUT2D eigenvalue weighted by atomic mass is 10.0. The van der Waals surface area contributed by atoms with Crippen LogP contribution in [0.25, 0.3) is 0 Å². The number of hydrogen-bond donors (Lipinski definition) is 0. The van der Waals surface area contributed by atoms with Gasteiger partial charge in [-0.15, -0.1) is 0 Å². The standard InChI is InChI=1S/C18H16N2O6/c1-11-3-4-13(9-12(11)2)16-10-25-17(21)19(16)18(22)26-15-7-5-14(6-8-15)20(23)24/h3-9,16H,10H2,1-2H3. The monoisotopic (exact) mass is 356 g/mol. The fraction of sp³-hybridized carbons (Fsp3) is 0.222. The second kappa shape index (κ2) is 6.83. The van der Waals surface area contributed by atoms with Crippen LogP contribution in [0, 0.1) is 24.0 Å². The zero-order chi connectivity index (χ0) is 18.8. The maximum Gasteiger partial charge on any atom is 0.425 e. The SMILES string of the molecule is Cc1ccc(C2COC(=O)N2C(=O)Oc2ccc([N+](=O)[O-])cc2)cc1C. The van der Waals surface area contributed by atoms with E-state index in [-0.39, 0.29) is 18.0 Å². The van der Waals surface area contributed by atoms with Crippen molar-refractivity contribution >= 4 is 17.9 Å². The molecule has 3 rings (SSSR count). The fourth-order valence-electron chi connectivity index (χ4n) is 2.63. The molecule has 8 nitrogen and oxygen atoms in total. The maximum absolute atomic E-state index is 12.4. The molecule has 0 spiro atoms. The van der Waals surface area contributed by atoms with Crippen molar-refractivity contribution in [2.45, 2.75) is 19.9 Å². The van der Waals surface area contributed by atoms with Gasteiger partial charge < -0.3 is 9.47 Å². The first-order chi connectivity index (χ1) is 12.4. The molecule has 0 aromatic heterocycles. The predicted octanol–water partition coefficient (Wildman–Crippen LogP) is 3.90. The molecule has 1 unspecified atom stereocenters. The van der Waals surface area contributed by atoms with Crippen molar-refractivity contribution in [1.82, 2.24) is 4.90 Å². The number of benzene rings is 2. The molecule has 0 radical (unpaired) electrons. The van der Waals surface area contributed by atoms with E-state index in [4.69, 9.17) is 9.47 Å². The molecule has 1 aliphatic rings. The summed E-state index contributed by atoms with van der Waals surface area (Å²) in [6, 6.07) is 10.1. The average Bonchev–Trinajstić information content (AvgIpc) is 2.99. The number of carbonyl (C=O) groups is 2. The molecule has 0 N–H and O–H groups in total. The molecule has 1 atom stereocenters. The number of imide groups is 1. The van der Waals surface area contributed by atoms with E-state index in [0.29, 0.717) is 0 Å². The topological polar surface area (TPSA) is 99.0 Å². The molecular weight excluding hydrogens is 340 g/mol. The molecule has 8 heteroatoms. The van der Waals surface area contributed by atoms with Gasteiger partial charge in [-0.1, -0.05) is 18.2 Å². The predicted molar refractivity (Wildman–Crippen MR) is 91.0 cm³/mol. The van der Waals surface area contributed by atoms with Crippen molar-refractivity contribution in [3.63, 3.8) is 0 Å². The van der Waals surface area contributed by atoms with Crippen LogP contribution in [0.2, 0.25) is 0 Å². The summed E-state index contributed by atoms with van der Waals surface area (Å²) in [6.45, 7) is 3.95. The van der Waals surface area contributed by atoms with Gasteiger partial charge >= 0.3 is 12.2 Å². The van der Waals surface area contributed by atoms with Crippen LogP contribution in [0.1, 0.15) is 22.7 Å². The summed E-state index contributed by atoms with van der Waals surface area (Å²) in [4.78, 5) is 35.5. The van der Waals surface area contributed by atoms with Gasteiger partial charge in [0.2, 0.25) is 0 Å². The summed E-state index contributed by atoms with van der Waals surface area (Å²) >= 11 is 0. The maximum atomic E-state index is 12.4. The third-order valence-corrected chi connectivity index (χ3v) is 4.24. The van der Waals surface area contributed by atoms with Crippen molar-refractivity contribution in [3.05, 3.63) is 69.3 Å². The Bertz CT molecular complexity index is 878. The van der Waals surface area contributed by atoms with Gasteiger partial charge in [-0.3, -0.25) is 10.1 Å². The number of nitro groups is 1.